The molecule has 1 aliphatic heterocycles. The van der Waals surface area contributed by atoms with Crippen molar-refractivity contribution in [2.45, 2.75) is 39.2 Å². The van der Waals surface area contributed by atoms with Crippen molar-refractivity contribution in [2.24, 2.45) is 16.6 Å². The summed E-state index contributed by atoms with van der Waals surface area (Å²) in [6.07, 6.45) is 3.86. The number of nitrogens with one attached hydrogen (secondary N) is 1. The zero-order chi connectivity index (χ0) is 12.7. The van der Waals surface area contributed by atoms with Gasteiger partial charge in [-0.1, -0.05) is 12.2 Å². The Balaban J connectivity index is 2.14. The highest BCUT2D eigenvalue weighted by molar-refractivity contribution is 5.77. The normalized spacial score (nSPS) is 25.6. The van der Waals surface area contributed by atoms with E-state index in [1.165, 1.54) is 0 Å². The van der Waals surface area contributed by atoms with E-state index in [2.05, 4.69) is 23.8 Å². The highest BCUT2D eigenvalue weighted by Gasteiger charge is 2.18. The predicted octanol–water partition coefficient (Wildman–Crippen LogP) is 1.67. The molecule has 2 atom stereocenters. The minimum absolute atomic E-state index is 0.406. The van der Waals surface area contributed by atoms with Crippen LogP contribution in [0.2, 0.25) is 0 Å². The molecule has 0 aliphatic carbocycles. The van der Waals surface area contributed by atoms with Crippen LogP contribution in [-0.4, -0.2) is 31.8 Å². The lowest BCUT2D eigenvalue weighted by molar-refractivity contribution is 0.00123. The highest BCUT2D eigenvalue weighted by Crippen LogP contribution is 2.22. The van der Waals surface area contributed by atoms with E-state index >= 15 is 0 Å². The standard InChI is InChI=1S/C13H25N3O/c1-10(2)9-16-13(14)15-6-4-12-5-7-17-11(3)8-12/h11-12H,1,4-9H2,2-3H3,(H3,14,15,16). The second-order valence-electron chi connectivity index (χ2n) is 4.95. The molecular formula is C13H25N3O. The number of rotatable bonds is 5. The molecule has 1 rings (SSSR count). The molecule has 0 bridgehead atoms. The third-order valence-electron chi connectivity index (χ3n) is 2.97. The molecule has 4 heteroatoms. The van der Waals surface area contributed by atoms with E-state index in [1.807, 2.05) is 6.92 Å². The van der Waals surface area contributed by atoms with E-state index in [0.717, 1.165) is 43.9 Å². The summed E-state index contributed by atoms with van der Waals surface area (Å²) in [7, 11) is 0. The minimum atomic E-state index is 0.406. The first-order valence-electron chi connectivity index (χ1n) is 6.37. The Kier molecular flexibility index (Phi) is 6.05. The maximum absolute atomic E-state index is 5.74. The van der Waals surface area contributed by atoms with Gasteiger partial charge in [0.2, 0.25) is 0 Å². The Morgan fingerprint density at radius 2 is 2.35 bits per heavy atom. The number of aliphatic imine (C=N–C) groups is 1. The van der Waals surface area contributed by atoms with Gasteiger partial charge in [0.05, 0.1) is 12.6 Å². The first-order valence-corrected chi connectivity index (χ1v) is 6.37. The van der Waals surface area contributed by atoms with E-state index in [1.54, 1.807) is 0 Å². The van der Waals surface area contributed by atoms with Crippen molar-refractivity contribution >= 4 is 5.96 Å². The lowest BCUT2D eigenvalue weighted by Gasteiger charge is -2.27. The number of hydrogen-bond acceptors (Lipinski definition) is 2. The second kappa shape index (κ2) is 7.33. The highest BCUT2D eigenvalue weighted by atomic mass is 16.5. The van der Waals surface area contributed by atoms with Gasteiger partial charge in [0.25, 0.3) is 0 Å². The van der Waals surface area contributed by atoms with Crippen LogP contribution in [0.3, 0.4) is 0 Å². The van der Waals surface area contributed by atoms with Crippen LogP contribution in [0.1, 0.15) is 33.1 Å². The molecule has 0 aromatic rings. The third kappa shape index (κ3) is 6.31. The Hall–Kier alpha value is -1.03. The molecule has 0 radical (unpaired) electrons. The van der Waals surface area contributed by atoms with Gasteiger partial charge in [-0.2, -0.15) is 0 Å². The second-order valence-corrected chi connectivity index (χ2v) is 4.95. The van der Waals surface area contributed by atoms with E-state index in [-0.39, 0.29) is 0 Å². The molecule has 0 amide bonds. The van der Waals surface area contributed by atoms with E-state index in [9.17, 15) is 0 Å². The number of nitrogens with zero attached hydrogens (tertiary/aromatic N) is 1. The van der Waals surface area contributed by atoms with Gasteiger partial charge in [0.15, 0.2) is 5.96 Å². The first-order chi connectivity index (χ1) is 8.08. The molecule has 1 heterocycles. The van der Waals surface area contributed by atoms with E-state index in [0.29, 0.717) is 18.6 Å². The van der Waals surface area contributed by atoms with Crippen LogP contribution in [0.25, 0.3) is 0 Å². The molecule has 4 nitrogen and oxygen atoms in total. The quantitative estimate of drug-likeness (QED) is 0.436. The van der Waals surface area contributed by atoms with Crippen molar-refractivity contribution in [1.82, 2.24) is 5.32 Å². The molecule has 0 aromatic carbocycles. The number of nitrogens with two attached hydrogens (primary N) is 1. The molecule has 3 N–H and O–H groups in total. The summed E-state index contributed by atoms with van der Waals surface area (Å²) in [4.78, 5) is 4.18. The number of guanidine groups is 1. The van der Waals surface area contributed by atoms with Crippen molar-refractivity contribution in [3.8, 4) is 0 Å². The Morgan fingerprint density at radius 1 is 1.59 bits per heavy atom. The average Bonchev–Trinajstić information content (AvgIpc) is 2.26. The summed E-state index contributed by atoms with van der Waals surface area (Å²) in [5.74, 6) is 1.27. The summed E-state index contributed by atoms with van der Waals surface area (Å²) < 4.78 is 5.52. The zero-order valence-electron chi connectivity index (χ0n) is 11.0. The molecular weight excluding hydrogens is 214 g/mol. The van der Waals surface area contributed by atoms with Crippen LogP contribution in [0.5, 0.6) is 0 Å². The minimum Gasteiger partial charge on any atom is -0.378 e. The van der Waals surface area contributed by atoms with Crippen LogP contribution < -0.4 is 11.1 Å². The molecule has 0 spiro atoms. The number of ether oxygens (including phenoxy) is 1. The van der Waals surface area contributed by atoms with Gasteiger partial charge < -0.3 is 15.8 Å². The van der Waals surface area contributed by atoms with Gasteiger partial charge in [-0.15, -0.1) is 0 Å². The monoisotopic (exact) mass is 239 g/mol. The largest absolute Gasteiger partial charge is 0.378 e. The fourth-order valence-electron chi connectivity index (χ4n) is 2.03. The van der Waals surface area contributed by atoms with Gasteiger partial charge >= 0.3 is 0 Å². The van der Waals surface area contributed by atoms with Crippen LogP contribution >= 0.6 is 0 Å². The summed E-state index contributed by atoms with van der Waals surface area (Å²) in [6, 6.07) is 0. The Morgan fingerprint density at radius 3 is 3.00 bits per heavy atom. The van der Waals surface area contributed by atoms with E-state index in [4.69, 9.17) is 10.5 Å². The van der Waals surface area contributed by atoms with Gasteiger partial charge in [-0.3, -0.25) is 0 Å². The van der Waals surface area contributed by atoms with Gasteiger partial charge in [-0.25, -0.2) is 4.99 Å². The fraction of sp³-hybridized carbons (Fsp3) is 0.769. The maximum atomic E-state index is 5.74. The summed E-state index contributed by atoms with van der Waals surface area (Å²) in [6.45, 7) is 10.3. The lowest BCUT2D eigenvalue weighted by Crippen LogP contribution is -2.34. The SMILES string of the molecule is C=C(C)CN=C(N)NCCC1CCOC(C)C1. The third-order valence-corrected chi connectivity index (χ3v) is 2.97. The molecule has 1 aliphatic rings. The van der Waals surface area contributed by atoms with Crippen molar-refractivity contribution in [2.75, 3.05) is 19.7 Å². The topological polar surface area (TPSA) is 59.6 Å². The predicted molar refractivity (Wildman–Crippen MR) is 72.1 cm³/mol. The van der Waals surface area contributed by atoms with E-state index < -0.39 is 0 Å². The average molecular weight is 239 g/mol. The lowest BCUT2D eigenvalue weighted by atomic mass is 9.93. The maximum Gasteiger partial charge on any atom is 0.188 e. The van der Waals surface area contributed by atoms with Gasteiger partial charge in [0, 0.05) is 13.2 Å². The molecule has 17 heavy (non-hydrogen) atoms. The van der Waals surface area contributed by atoms with Gasteiger partial charge in [-0.05, 0) is 39.0 Å². The number of hydrogen-bond donors (Lipinski definition) is 2. The Labute approximate surface area is 104 Å². The van der Waals surface area contributed by atoms with Crippen LogP contribution in [0.4, 0.5) is 0 Å². The van der Waals surface area contributed by atoms with Crippen LogP contribution in [0.15, 0.2) is 17.1 Å². The summed E-state index contributed by atoms with van der Waals surface area (Å²) in [5.41, 5.74) is 6.76. The molecule has 1 saturated heterocycles. The van der Waals surface area contributed by atoms with Crippen LogP contribution in [-0.2, 0) is 4.74 Å². The summed E-state index contributed by atoms with van der Waals surface area (Å²) in [5, 5.41) is 3.15. The van der Waals surface area contributed by atoms with Gasteiger partial charge in [0.1, 0.15) is 0 Å². The van der Waals surface area contributed by atoms with Crippen molar-refractivity contribution in [1.29, 1.82) is 0 Å². The fourth-order valence-corrected chi connectivity index (χ4v) is 2.03. The molecule has 0 aromatic heterocycles. The smallest absolute Gasteiger partial charge is 0.188 e. The molecule has 0 saturated carbocycles. The molecule has 2 unspecified atom stereocenters. The van der Waals surface area contributed by atoms with Crippen molar-refractivity contribution < 1.29 is 4.74 Å². The van der Waals surface area contributed by atoms with Crippen LogP contribution in [0, 0.1) is 5.92 Å². The van der Waals surface area contributed by atoms with Crippen molar-refractivity contribution in [3.63, 3.8) is 0 Å². The molecule has 1 fully saturated rings. The van der Waals surface area contributed by atoms with Crippen molar-refractivity contribution in [3.05, 3.63) is 12.2 Å². The molecule has 98 valence electrons. The first kappa shape index (κ1) is 14.0. The Bertz CT molecular complexity index is 276. The summed E-state index contributed by atoms with van der Waals surface area (Å²) >= 11 is 0. The zero-order valence-corrected chi connectivity index (χ0v) is 11.0.